The van der Waals surface area contributed by atoms with E-state index in [1.807, 2.05) is 24.3 Å². The van der Waals surface area contributed by atoms with Crippen LogP contribution in [-0.4, -0.2) is 42.5 Å². The molecular weight excluding hydrogens is 360 g/mol. The smallest absolute Gasteiger partial charge is 0.120 e. The van der Waals surface area contributed by atoms with Crippen molar-refractivity contribution in [2.45, 2.75) is 13.0 Å². The van der Waals surface area contributed by atoms with Gasteiger partial charge in [0.15, 0.2) is 0 Å². The van der Waals surface area contributed by atoms with E-state index >= 15 is 0 Å². The summed E-state index contributed by atoms with van der Waals surface area (Å²) in [4.78, 5) is 23.4. The molecule has 0 unspecified atom stereocenters. The van der Waals surface area contributed by atoms with Crippen LogP contribution in [0.1, 0.15) is 11.1 Å². The summed E-state index contributed by atoms with van der Waals surface area (Å²) >= 11 is 0. The molecule has 1 aromatic heterocycles. The van der Waals surface area contributed by atoms with E-state index in [-0.39, 0.29) is 0 Å². The lowest BCUT2D eigenvalue weighted by molar-refractivity contribution is -0.345. The Kier molecular flexibility index (Phi) is 7.59. The van der Waals surface area contributed by atoms with Crippen LogP contribution in [0.4, 0.5) is 0 Å². The minimum absolute atomic E-state index is 0.601. The third kappa shape index (κ3) is 6.44. The summed E-state index contributed by atoms with van der Waals surface area (Å²) in [6.07, 6.45) is 3.14. The molecule has 0 radical (unpaired) electrons. The summed E-state index contributed by atoms with van der Waals surface area (Å²) in [6, 6.07) is 16.5. The molecule has 3 aromatic rings. The molecule has 3 rings (SSSR count). The molecule has 28 heavy (non-hydrogen) atoms. The molecule has 0 amide bonds. The lowest BCUT2D eigenvalue weighted by Gasteiger charge is -2.09. The van der Waals surface area contributed by atoms with Gasteiger partial charge < -0.3 is 34.4 Å². The topological polar surface area (TPSA) is 109 Å². The monoisotopic (exact) mass is 382 g/mol. The third-order valence-electron chi connectivity index (χ3n) is 3.98. The highest BCUT2D eigenvalue weighted by atomic mass is 16.5. The van der Waals surface area contributed by atoms with Gasteiger partial charge in [0.25, 0.3) is 0 Å². The number of carbonyl (C=O) groups is 2. The number of fused-ring (bicyclic) bond motifs is 1. The second-order valence-corrected chi connectivity index (χ2v) is 6.42. The van der Waals surface area contributed by atoms with Crippen LogP contribution in [0.3, 0.4) is 0 Å². The molecular formula is C21H22N2O5-2. The number of hydrogen-bond acceptors (Lipinski definition) is 6. The number of carboxylic acids is 2. The molecule has 0 spiro atoms. The Morgan fingerprint density at radius 3 is 2.32 bits per heavy atom. The van der Waals surface area contributed by atoms with E-state index in [0.29, 0.717) is 6.61 Å². The second kappa shape index (κ2) is 10.1. The van der Waals surface area contributed by atoms with Gasteiger partial charge in [-0.2, -0.15) is 0 Å². The maximum Gasteiger partial charge on any atom is 0.120 e. The Hall–Kier alpha value is -3.32. The Balaban J connectivity index is 0.000000409. The van der Waals surface area contributed by atoms with Gasteiger partial charge in [-0.25, -0.2) is 0 Å². The number of benzene rings is 2. The van der Waals surface area contributed by atoms with Gasteiger partial charge in [-0.1, -0.05) is 30.3 Å². The van der Waals surface area contributed by atoms with E-state index in [1.54, 1.807) is 0 Å². The number of aliphatic carboxylic acids is 2. The number of hydrogen-bond donors (Lipinski definition) is 1. The van der Waals surface area contributed by atoms with Crippen molar-refractivity contribution in [1.82, 2.24) is 9.88 Å². The fourth-order valence-electron chi connectivity index (χ4n) is 2.54. The molecule has 0 atom stereocenters. The van der Waals surface area contributed by atoms with E-state index in [0.717, 1.165) is 18.7 Å². The van der Waals surface area contributed by atoms with Gasteiger partial charge in [0.05, 0.1) is 11.9 Å². The van der Waals surface area contributed by atoms with Crippen molar-refractivity contribution >= 4 is 22.8 Å². The fraction of sp³-hybridized carbons (Fsp3) is 0.238. The van der Waals surface area contributed by atoms with E-state index in [1.165, 1.54) is 22.0 Å². The Morgan fingerprint density at radius 2 is 1.71 bits per heavy atom. The van der Waals surface area contributed by atoms with Crippen LogP contribution in [0.2, 0.25) is 0 Å². The fourth-order valence-corrected chi connectivity index (χ4v) is 2.54. The van der Waals surface area contributed by atoms with Gasteiger partial charge in [-0.05, 0) is 49.8 Å². The maximum atomic E-state index is 8.93. The number of rotatable bonds is 6. The van der Waals surface area contributed by atoms with Crippen molar-refractivity contribution in [3.63, 3.8) is 0 Å². The highest BCUT2D eigenvalue weighted by molar-refractivity contribution is 6.25. The van der Waals surface area contributed by atoms with Crippen LogP contribution >= 0.6 is 0 Å². The van der Waals surface area contributed by atoms with Crippen molar-refractivity contribution in [1.29, 1.82) is 0 Å². The van der Waals surface area contributed by atoms with E-state index in [4.69, 9.17) is 24.5 Å². The van der Waals surface area contributed by atoms with Crippen molar-refractivity contribution in [2.24, 2.45) is 0 Å². The van der Waals surface area contributed by atoms with Crippen LogP contribution in [0.5, 0.6) is 5.75 Å². The Bertz CT molecular complexity index is 907. The molecule has 0 bridgehead atoms. The summed E-state index contributed by atoms with van der Waals surface area (Å²) in [5, 5.41) is 19.1. The number of likely N-dealkylation sites (N-methyl/N-ethyl adjacent to an activating group) is 1. The molecule has 1 heterocycles. The minimum Gasteiger partial charge on any atom is -0.543 e. The summed E-state index contributed by atoms with van der Waals surface area (Å²) in [7, 11) is 4.20. The summed E-state index contributed by atoms with van der Waals surface area (Å²) in [5.74, 6) is -3.45. The molecule has 148 valence electrons. The van der Waals surface area contributed by atoms with Crippen LogP contribution < -0.4 is 14.9 Å². The van der Waals surface area contributed by atoms with Crippen molar-refractivity contribution in [3.8, 4) is 5.75 Å². The van der Waals surface area contributed by atoms with Crippen molar-refractivity contribution in [3.05, 3.63) is 65.9 Å². The highest BCUT2D eigenvalue weighted by Gasteiger charge is 2.06. The number of carboxylic acid groups (broad SMARTS) is 2. The minimum atomic E-state index is -2.19. The number of nitrogens with zero attached hydrogens (tertiary/aromatic N) is 1. The third-order valence-corrected chi connectivity index (χ3v) is 3.98. The SMILES string of the molecule is CN(C)CCc1c[nH]c2ccc(OCc3ccccc3)cc12.O=C([O-])C(=O)[O-]. The van der Waals surface area contributed by atoms with Gasteiger partial charge in [0.2, 0.25) is 0 Å². The molecule has 2 aromatic carbocycles. The first kappa shape index (κ1) is 21.0. The maximum absolute atomic E-state index is 8.93. The van der Waals surface area contributed by atoms with Crippen LogP contribution in [0.15, 0.2) is 54.7 Å². The molecule has 0 saturated carbocycles. The van der Waals surface area contributed by atoms with Crippen molar-refractivity contribution < 1.29 is 24.5 Å². The summed E-state index contributed by atoms with van der Waals surface area (Å²) in [5.41, 5.74) is 3.69. The Morgan fingerprint density at radius 1 is 1.04 bits per heavy atom. The van der Waals surface area contributed by atoms with Crippen molar-refractivity contribution in [2.75, 3.05) is 20.6 Å². The quantitative estimate of drug-likeness (QED) is 0.616. The number of aromatic nitrogens is 1. The molecule has 0 saturated heterocycles. The second-order valence-electron chi connectivity index (χ2n) is 6.42. The predicted octanol–water partition coefficient (Wildman–Crippen LogP) is 0.337. The van der Waals surface area contributed by atoms with Gasteiger partial charge in [-0.3, -0.25) is 0 Å². The number of aromatic amines is 1. The number of nitrogens with one attached hydrogen (secondary N) is 1. The first-order valence-electron chi connectivity index (χ1n) is 8.70. The average molecular weight is 382 g/mol. The zero-order valence-electron chi connectivity index (χ0n) is 15.8. The zero-order valence-corrected chi connectivity index (χ0v) is 15.8. The zero-order chi connectivity index (χ0) is 20.5. The van der Waals surface area contributed by atoms with Gasteiger partial charge in [0.1, 0.15) is 12.4 Å². The highest BCUT2D eigenvalue weighted by Crippen LogP contribution is 2.24. The first-order valence-corrected chi connectivity index (χ1v) is 8.70. The van der Waals surface area contributed by atoms with Crippen LogP contribution in [0.25, 0.3) is 10.9 Å². The predicted molar refractivity (Wildman–Crippen MR) is 101 cm³/mol. The van der Waals surface area contributed by atoms with E-state index in [2.05, 4.69) is 54.4 Å². The number of ether oxygens (including phenoxy) is 1. The number of H-pyrrole nitrogens is 1. The molecule has 0 aliphatic heterocycles. The lowest BCUT2D eigenvalue weighted by Crippen LogP contribution is -2.42. The van der Waals surface area contributed by atoms with Gasteiger partial charge in [0, 0.05) is 23.6 Å². The standard InChI is InChI=1S/C19H22N2O.C2H2O4/c1-21(2)11-10-16-13-20-19-9-8-17(12-18(16)19)22-14-15-6-4-3-5-7-15;3-1(4)2(5)6/h3-9,12-13,20H,10-11,14H2,1-2H3;(H,3,4)(H,5,6)/p-2. The largest absolute Gasteiger partial charge is 0.543 e. The van der Waals surface area contributed by atoms with E-state index in [9.17, 15) is 0 Å². The summed E-state index contributed by atoms with van der Waals surface area (Å²) in [6.45, 7) is 1.64. The molecule has 7 heteroatoms. The van der Waals surface area contributed by atoms with Crippen LogP contribution in [-0.2, 0) is 22.6 Å². The normalized spacial score (nSPS) is 10.4. The van der Waals surface area contributed by atoms with Gasteiger partial charge in [-0.15, -0.1) is 0 Å². The lowest BCUT2D eigenvalue weighted by atomic mass is 10.1. The molecule has 0 fully saturated rings. The number of carbonyl (C=O) groups excluding carboxylic acids is 2. The molecule has 0 aliphatic carbocycles. The molecule has 0 aliphatic rings. The first-order chi connectivity index (χ1) is 13.4. The molecule has 1 N–H and O–H groups in total. The van der Waals surface area contributed by atoms with Crippen LogP contribution in [0, 0.1) is 0 Å². The molecule has 7 nitrogen and oxygen atoms in total. The average Bonchev–Trinajstić information content (AvgIpc) is 3.08. The summed E-state index contributed by atoms with van der Waals surface area (Å²) < 4.78 is 5.93. The Labute approximate surface area is 163 Å². The van der Waals surface area contributed by atoms with E-state index < -0.39 is 11.9 Å². The van der Waals surface area contributed by atoms with Gasteiger partial charge >= 0.3 is 0 Å².